The van der Waals surface area contributed by atoms with Crippen molar-refractivity contribution < 1.29 is 9.63 Å². The van der Waals surface area contributed by atoms with Gasteiger partial charge in [-0.15, -0.1) is 0 Å². The Balaban J connectivity index is 2.20. The molecular formula is C16H22N2O2. The summed E-state index contributed by atoms with van der Waals surface area (Å²) in [6.45, 7) is 8.53. The Hall–Kier alpha value is -1.68. The van der Waals surface area contributed by atoms with E-state index in [1.54, 1.807) is 0 Å². The summed E-state index contributed by atoms with van der Waals surface area (Å²) in [5.41, 5.74) is 2.25. The molecule has 0 radical (unpaired) electrons. The topological polar surface area (TPSA) is 59.2 Å². The van der Waals surface area contributed by atoms with Crippen LogP contribution in [0.5, 0.6) is 0 Å². The highest BCUT2D eigenvalue weighted by molar-refractivity contribution is 5.53. The molecule has 0 aliphatic heterocycles. The van der Waals surface area contributed by atoms with Gasteiger partial charge in [-0.05, 0) is 29.5 Å². The van der Waals surface area contributed by atoms with Gasteiger partial charge in [0, 0.05) is 5.56 Å². The van der Waals surface area contributed by atoms with E-state index in [4.69, 9.17) is 4.52 Å². The molecule has 1 aromatic carbocycles. The van der Waals surface area contributed by atoms with E-state index in [0.717, 1.165) is 12.0 Å². The fourth-order valence-electron chi connectivity index (χ4n) is 2.00. The van der Waals surface area contributed by atoms with Crippen LogP contribution in [0.25, 0.3) is 11.5 Å². The first-order chi connectivity index (χ1) is 9.41. The smallest absolute Gasteiger partial charge is 0.258 e. The minimum absolute atomic E-state index is 0.121. The SMILES string of the molecule is CCCC(O)c1noc(-c2ccc(C(C)(C)C)cc2)n1. The van der Waals surface area contributed by atoms with Gasteiger partial charge < -0.3 is 9.63 Å². The number of aliphatic hydroxyl groups excluding tert-OH is 1. The van der Waals surface area contributed by atoms with Crippen molar-refractivity contribution in [2.45, 2.75) is 52.1 Å². The van der Waals surface area contributed by atoms with E-state index >= 15 is 0 Å². The molecule has 0 fully saturated rings. The fourth-order valence-corrected chi connectivity index (χ4v) is 2.00. The minimum atomic E-state index is -0.647. The fraction of sp³-hybridized carbons (Fsp3) is 0.500. The third-order valence-corrected chi connectivity index (χ3v) is 3.30. The van der Waals surface area contributed by atoms with Gasteiger partial charge in [-0.1, -0.05) is 51.4 Å². The second kappa shape index (κ2) is 5.75. The number of hydrogen-bond donors (Lipinski definition) is 1. The van der Waals surface area contributed by atoms with Crippen LogP contribution in [0.3, 0.4) is 0 Å². The standard InChI is InChI=1S/C16H22N2O2/c1-5-6-13(19)14-17-15(20-18-14)11-7-9-12(10-8-11)16(2,3)4/h7-10,13,19H,5-6H2,1-4H3. The van der Waals surface area contributed by atoms with Gasteiger partial charge in [0.15, 0.2) is 0 Å². The van der Waals surface area contributed by atoms with Crippen LogP contribution in [-0.4, -0.2) is 15.2 Å². The Morgan fingerprint density at radius 2 is 1.85 bits per heavy atom. The van der Waals surface area contributed by atoms with Crippen molar-refractivity contribution in [1.82, 2.24) is 10.1 Å². The highest BCUT2D eigenvalue weighted by Gasteiger charge is 2.17. The van der Waals surface area contributed by atoms with Crippen molar-refractivity contribution in [1.29, 1.82) is 0 Å². The molecule has 1 atom stereocenters. The molecule has 0 spiro atoms. The summed E-state index contributed by atoms with van der Waals surface area (Å²) in [5.74, 6) is 0.817. The average molecular weight is 274 g/mol. The van der Waals surface area contributed by atoms with Gasteiger partial charge in [0.2, 0.25) is 5.82 Å². The number of hydrogen-bond acceptors (Lipinski definition) is 4. The molecule has 0 amide bonds. The van der Waals surface area contributed by atoms with Crippen molar-refractivity contribution in [2.75, 3.05) is 0 Å². The third-order valence-electron chi connectivity index (χ3n) is 3.30. The Labute approximate surface area is 119 Å². The van der Waals surface area contributed by atoms with Gasteiger partial charge in [-0.25, -0.2) is 0 Å². The number of aromatic nitrogens is 2. The maximum atomic E-state index is 9.85. The zero-order valence-electron chi connectivity index (χ0n) is 12.6. The lowest BCUT2D eigenvalue weighted by Gasteiger charge is -2.18. The molecule has 108 valence electrons. The molecule has 2 aromatic rings. The van der Waals surface area contributed by atoms with Crippen molar-refractivity contribution >= 4 is 0 Å². The largest absolute Gasteiger partial charge is 0.385 e. The quantitative estimate of drug-likeness (QED) is 0.919. The Morgan fingerprint density at radius 1 is 1.20 bits per heavy atom. The molecule has 1 N–H and O–H groups in total. The van der Waals surface area contributed by atoms with Crippen LogP contribution < -0.4 is 0 Å². The maximum Gasteiger partial charge on any atom is 0.258 e. The lowest BCUT2D eigenvalue weighted by Crippen LogP contribution is -2.10. The highest BCUT2D eigenvalue weighted by atomic mass is 16.5. The van der Waals surface area contributed by atoms with Crippen LogP contribution in [0, 0.1) is 0 Å². The maximum absolute atomic E-state index is 9.85. The molecule has 4 heteroatoms. The molecule has 1 heterocycles. The molecule has 4 nitrogen and oxygen atoms in total. The third kappa shape index (κ3) is 3.25. The molecule has 0 saturated carbocycles. The van der Waals surface area contributed by atoms with E-state index in [1.807, 2.05) is 19.1 Å². The van der Waals surface area contributed by atoms with Gasteiger partial charge in [0.05, 0.1) is 0 Å². The van der Waals surface area contributed by atoms with E-state index < -0.39 is 6.10 Å². The highest BCUT2D eigenvalue weighted by Crippen LogP contribution is 2.26. The Kier molecular flexibility index (Phi) is 4.23. The van der Waals surface area contributed by atoms with Gasteiger partial charge in [0.25, 0.3) is 5.89 Å². The lowest BCUT2D eigenvalue weighted by molar-refractivity contribution is 0.153. The summed E-state index contributed by atoms with van der Waals surface area (Å²) in [4.78, 5) is 4.26. The number of aliphatic hydroxyl groups is 1. The van der Waals surface area contributed by atoms with Crippen molar-refractivity contribution in [3.8, 4) is 11.5 Å². The first kappa shape index (κ1) is 14.7. The number of benzene rings is 1. The monoisotopic (exact) mass is 274 g/mol. The second-order valence-corrected chi connectivity index (χ2v) is 6.09. The van der Waals surface area contributed by atoms with Crippen LogP contribution in [-0.2, 0) is 5.41 Å². The molecule has 0 bridgehead atoms. The van der Waals surface area contributed by atoms with Gasteiger partial charge in [-0.3, -0.25) is 0 Å². The van der Waals surface area contributed by atoms with Crippen LogP contribution in [0.4, 0.5) is 0 Å². The van der Waals surface area contributed by atoms with Crippen LogP contribution in [0.15, 0.2) is 28.8 Å². The molecule has 20 heavy (non-hydrogen) atoms. The normalized spacial score (nSPS) is 13.4. The first-order valence-electron chi connectivity index (χ1n) is 7.04. The summed E-state index contributed by atoms with van der Waals surface area (Å²) >= 11 is 0. The van der Waals surface area contributed by atoms with Crippen molar-refractivity contribution in [3.63, 3.8) is 0 Å². The molecule has 1 unspecified atom stereocenters. The molecule has 2 rings (SSSR count). The van der Waals surface area contributed by atoms with Gasteiger partial charge in [0.1, 0.15) is 6.10 Å². The van der Waals surface area contributed by atoms with Crippen molar-refractivity contribution in [2.24, 2.45) is 0 Å². The molecule has 0 saturated heterocycles. The van der Waals surface area contributed by atoms with E-state index in [-0.39, 0.29) is 5.41 Å². The summed E-state index contributed by atoms with van der Waals surface area (Å²) < 4.78 is 5.22. The van der Waals surface area contributed by atoms with Gasteiger partial charge >= 0.3 is 0 Å². The Morgan fingerprint density at radius 3 is 2.40 bits per heavy atom. The molecule has 0 aliphatic rings. The minimum Gasteiger partial charge on any atom is -0.385 e. The summed E-state index contributed by atoms with van der Waals surface area (Å²) in [6, 6.07) is 8.09. The summed E-state index contributed by atoms with van der Waals surface area (Å²) in [6.07, 6.45) is 0.874. The van der Waals surface area contributed by atoms with Crippen LogP contribution in [0.1, 0.15) is 58.0 Å². The van der Waals surface area contributed by atoms with Crippen LogP contribution >= 0.6 is 0 Å². The van der Waals surface area contributed by atoms with Crippen molar-refractivity contribution in [3.05, 3.63) is 35.7 Å². The van der Waals surface area contributed by atoms with E-state index in [1.165, 1.54) is 5.56 Å². The molecule has 1 aromatic heterocycles. The molecular weight excluding hydrogens is 252 g/mol. The van der Waals surface area contributed by atoms with E-state index in [2.05, 4.69) is 43.0 Å². The number of rotatable bonds is 4. The van der Waals surface area contributed by atoms with Gasteiger partial charge in [-0.2, -0.15) is 4.98 Å². The first-order valence-corrected chi connectivity index (χ1v) is 7.04. The second-order valence-electron chi connectivity index (χ2n) is 6.09. The summed E-state index contributed by atoms with van der Waals surface area (Å²) in [5, 5.41) is 13.7. The average Bonchev–Trinajstić information content (AvgIpc) is 2.88. The zero-order valence-corrected chi connectivity index (χ0v) is 12.6. The number of nitrogens with zero attached hydrogens (tertiary/aromatic N) is 2. The van der Waals surface area contributed by atoms with E-state index in [0.29, 0.717) is 18.1 Å². The Bertz CT molecular complexity index is 553. The van der Waals surface area contributed by atoms with Crippen LogP contribution in [0.2, 0.25) is 0 Å². The predicted octanol–water partition coefficient (Wildman–Crippen LogP) is 3.87. The summed E-state index contributed by atoms with van der Waals surface area (Å²) in [7, 11) is 0. The lowest BCUT2D eigenvalue weighted by atomic mass is 9.87. The van der Waals surface area contributed by atoms with E-state index in [9.17, 15) is 5.11 Å². The zero-order chi connectivity index (χ0) is 14.8. The predicted molar refractivity (Wildman–Crippen MR) is 78.3 cm³/mol. The molecule has 0 aliphatic carbocycles.